The minimum Gasteiger partial charge on any atom is -0.508 e. The Morgan fingerprint density at radius 1 is 0.353 bits per heavy atom. The first-order valence-corrected chi connectivity index (χ1v) is 45.8. The second kappa shape index (κ2) is 44.9. The van der Waals surface area contributed by atoms with Gasteiger partial charge in [0.05, 0.1) is 55.9 Å². The van der Waals surface area contributed by atoms with Crippen LogP contribution >= 0.6 is 11.3 Å². The first-order chi connectivity index (χ1) is 64.3. The van der Waals surface area contributed by atoms with Crippen molar-refractivity contribution < 1.29 is 74.5 Å². The summed E-state index contributed by atoms with van der Waals surface area (Å²) in [6.07, 6.45) is 4.12. The zero-order valence-corrected chi connectivity index (χ0v) is 86.3. The smallest absolute Gasteiger partial charge is 0.508 e. The third-order valence-electron chi connectivity index (χ3n) is 22.1. The molecule has 0 bridgehead atoms. The number of thiazole rings is 1. The molecule has 0 radical (unpaired) electrons. The fraction of sp³-hybridized carbons (Fsp3) is 0.360. The van der Waals surface area contributed by atoms with Crippen molar-refractivity contribution in [3.63, 3.8) is 0 Å². The highest BCUT2D eigenvalue weighted by Crippen LogP contribution is 2.47. The van der Waals surface area contributed by atoms with Gasteiger partial charge in [-0.1, -0.05) is 206 Å². The van der Waals surface area contributed by atoms with E-state index in [1.807, 2.05) is 115 Å². The minimum absolute atomic E-state index is 0.0485. The molecule has 14 aromatic rings. The predicted octanol–water partition coefficient (Wildman–Crippen LogP) is 26.9. The van der Waals surface area contributed by atoms with Gasteiger partial charge >= 0.3 is 12.7 Å². The number of alkyl halides is 6. The molecule has 7 heterocycles. The van der Waals surface area contributed by atoms with E-state index in [0.29, 0.717) is 39.5 Å². The summed E-state index contributed by atoms with van der Waals surface area (Å²) in [6.45, 7) is 48.3. The fourth-order valence-electron chi connectivity index (χ4n) is 15.1. The highest BCUT2D eigenvalue weighted by atomic mass is 32.1. The Morgan fingerprint density at radius 3 is 1.11 bits per heavy atom. The van der Waals surface area contributed by atoms with Crippen LogP contribution in [0, 0.1) is 20.8 Å². The van der Waals surface area contributed by atoms with Gasteiger partial charge in [-0.3, -0.25) is 19.4 Å². The molecule has 0 aliphatic rings. The SMILES string of the molecule is COc1cc(-c2cccnc2)ccc1C(C)(C)C.COc1cc(-c2ncc(C)o2)cc(O)c1C(C)(C)C.COc1cc(-c2sc(C)nc2C)ccc1C(C)(C)C.COc1cc(-n2cccn2)ccc1C(C)(C)C.Cn1ccc(-c2cc(O)c(C(C)(C)C)c(OC(F)(F)F)c2)cc1=O.Cn1ccc(-c2ccc(C(C)(C)C)c(O)c2)cc1=O.Cn1ccc(-c2ccc(C(C)(C)C)c(OC(F)(F)F)c2)cc1=O. The van der Waals surface area contributed by atoms with Gasteiger partial charge in [-0.05, 0) is 216 Å². The second-order valence-electron chi connectivity index (χ2n) is 40.7. The molecular weight excluding hydrogens is 1800 g/mol. The number of aryl methyl sites for hydroxylation is 6. The number of rotatable bonds is 13. The van der Waals surface area contributed by atoms with Gasteiger partial charge < -0.3 is 61.9 Å². The molecule has 14 rings (SSSR count). The average Bonchev–Trinajstić information content (AvgIpc) is 1.75. The highest BCUT2D eigenvalue weighted by molar-refractivity contribution is 7.15. The third-order valence-corrected chi connectivity index (χ3v) is 23.2. The Balaban J connectivity index is 0.000000199. The summed E-state index contributed by atoms with van der Waals surface area (Å²) in [4.78, 5) is 49.1. The first kappa shape index (κ1) is 111. The maximum atomic E-state index is 12.7. The van der Waals surface area contributed by atoms with E-state index in [-0.39, 0.29) is 77.9 Å². The number of hydrogen-bond donors (Lipinski definition) is 3. The Labute approximate surface area is 815 Å². The van der Waals surface area contributed by atoms with Crippen LogP contribution < -0.4 is 45.1 Å². The number of oxazole rings is 1. The number of hydrogen-bond acceptors (Lipinski definition) is 18. The first-order valence-electron chi connectivity index (χ1n) is 45.0. The van der Waals surface area contributed by atoms with E-state index in [4.69, 9.17) is 23.4 Å². The van der Waals surface area contributed by atoms with Crippen molar-refractivity contribution in [2.75, 3.05) is 28.4 Å². The third kappa shape index (κ3) is 30.7. The van der Waals surface area contributed by atoms with Crippen LogP contribution in [0.25, 0.3) is 72.1 Å². The van der Waals surface area contributed by atoms with E-state index in [9.17, 15) is 56.0 Å². The molecule has 3 N–H and O–H groups in total. The molecule has 742 valence electrons. The van der Waals surface area contributed by atoms with Crippen LogP contribution in [0.5, 0.6) is 51.7 Å². The maximum absolute atomic E-state index is 12.7. The lowest BCUT2D eigenvalue weighted by molar-refractivity contribution is -0.276. The quantitative estimate of drug-likeness (QED) is 0.0907. The molecule has 7 aromatic carbocycles. The number of halogens is 6. The van der Waals surface area contributed by atoms with Gasteiger partial charge in [0, 0.05) is 111 Å². The number of phenols is 3. The zero-order valence-electron chi connectivity index (χ0n) is 85.5. The van der Waals surface area contributed by atoms with Crippen molar-refractivity contribution >= 4 is 11.3 Å². The summed E-state index contributed by atoms with van der Waals surface area (Å²) in [5.41, 5.74) is 13.5. The fourth-order valence-corrected chi connectivity index (χ4v) is 16.0. The van der Waals surface area contributed by atoms with E-state index in [2.05, 4.69) is 174 Å². The van der Waals surface area contributed by atoms with Crippen LogP contribution in [0.15, 0.2) is 238 Å². The number of pyridine rings is 4. The Hall–Kier alpha value is -13.6. The van der Waals surface area contributed by atoms with Gasteiger partial charge in [0.25, 0.3) is 16.7 Å². The van der Waals surface area contributed by atoms with Crippen LogP contribution in [0.4, 0.5) is 26.3 Å². The standard InChI is InChI=1S/C17H18F3NO3.C17H18F3NO2.C16H19NO2.C16H21NOS.C16H19NO.C15H19NO3.C14H18N2O/c1-16(2,3)15-12(22)7-11(8-13(15)24-17(18,19)20)10-5-6-21(4)14(23)9-10;1-16(2,3)13-6-5-11(9-14(13)23-17(18,19)20)12-7-8-21(4)15(22)10-12;1-16(2,3)13-6-5-11(9-14(13)18)12-7-8-17(4)15(19)10-12;1-10-15(19-11(2)17-10)12-7-8-13(16(3,4)5)14(9-12)18-6;1-16(2,3)14-8-7-12(10-15(14)18-4)13-6-5-9-17-11-13;1-9-8-16-14(19-9)10-6-11(17)13(15(2,3)4)12(7-10)18-5;1-14(2,3)12-7-6-11(10-13(12)17-4)16-9-5-8-15-16/h5-9,22H,1-4H3;5-10H,1-4H3;5-10,18H,1-4H3;7-9H,1-6H3;5-11H,1-4H3;6-8,17H,1-5H3;5-10H,1-4H3. The van der Waals surface area contributed by atoms with Crippen molar-refractivity contribution in [1.82, 2.24) is 38.4 Å². The molecule has 0 saturated carbocycles. The van der Waals surface area contributed by atoms with Crippen LogP contribution in [-0.4, -0.2) is 94.9 Å². The van der Waals surface area contributed by atoms with E-state index in [1.165, 1.54) is 77.4 Å². The van der Waals surface area contributed by atoms with Gasteiger partial charge in [-0.25, -0.2) is 14.6 Å². The van der Waals surface area contributed by atoms with Gasteiger partial charge in [-0.2, -0.15) is 5.10 Å². The van der Waals surface area contributed by atoms with Crippen LogP contribution in [0.2, 0.25) is 0 Å². The van der Waals surface area contributed by atoms with Crippen molar-refractivity contribution in [1.29, 1.82) is 0 Å². The van der Waals surface area contributed by atoms with Crippen LogP contribution in [0.3, 0.4) is 0 Å². The van der Waals surface area contributed by atoms with E-state index in [0.717, 1.165) is 72.8 Å². The Bertz CT molecular complexity index is 6720. The summed E-state index contributed by atoms with van der Waals surface area (Å²) in [5.74, 6) is 4.06. The molecule has 0 amide bonds. The number of nitrogens with zero attached hydrogens (tertiary/aromatic N) is 8. The molecule has 21 nitrogen and oxygen atoms in total. The van der Waals surface area contributed by atoms with Gasteiger partial charge in [-0.15, -0.1) is 37.7 Å². The van der Waals surface area contributed by atoms with E-state index >= 15 is 0 Å². The molecule has 0 spiro atoms. The monoisotopic (exact) mass is 1930 g/mol. The number of aromatic hydroxyl groups is 3. The van der Waals surface area contributed by atoms with Crippen LogP contribution in [0.1, 0.15) is 201 Å². The molecule has 28 heteroatoms. The van der Waals surface area contributed by atoms with Crippen LogP contribution in [-0.2, 0) is 59.0 Å². The molecule has 0 aliphatic carbocycles. The molecule has 0 unspecified atom stereocenters. The summed E-state index contributed by atoms with van der Waals surface area (Å²) in [5, 5.41) is 36.0. The highest BCUT2D eigenvalue weighted by Gasteiger charge is 2.37. The maximum Gasteiger partial charge on any atom is 0.573 e. The predicted molar refractivity (Wildman–Crippen MR) is 544 cm³/mol. The summed E-state index contributed by atoms with van der Waals surface area (Å²) >= 11 is 1.73. The molecule has 7 aromatic heterocycles. The molecule has 0 saturated heterocycles. The van der Waals surface area contributed by atoms with Crippen molar-refractivity contribution in [2.24, 2.45) is 21.1 Å². The normalized spacial score (nSPS) is 11.8. The van der Waals surface area contributed by atoms with Gasteiger partial charge in [0.2, 0.25) is 5.89 Å². The Morgan fingerprint density at radius 2 is 0.719 bits per heavy atom. The average molecular weight is 1930 g/mol. The number of ether oxygens (including phenoxy) is 6. The van der Waals surface area contributed by atoms with Gasteiger partial charge in [0.15, 0.2) is 0 Å². The summed E-state index contributed by atoms with van der Waals surface area (Å²) in [7, 11) is 11.6. The number of methoxy groups -OCH3 is 4. The minimum atomic E-state index is -4.89. The lowest BCUT2D eigenvalue weighted by Crippen LogP contribution is -2.21. The number of aromatic nitrogens is 8. The Kier molecular flexibility index (Phi) is 35.7. The number of phenolic OH excluding ortho intramolecular Hbond substituents is 3. The largest absolute Gasteiger partial charge is 0.573 e. The molecule has 0 fully saturated rings. The molecule has 0 atom stereocenters. The molecule has 0 aliphatic heterocycles. The topological polar surface area (TPSA) is 252 Å². The van der Waals surface area contributed by atoms with E-state index < -0.39 is 29.3 Å². The zero-order chi connectivity index (χ0) is 104. The molecule has 139 heavy (non-hydrogen) atoms. The summed E-state index contributed by atoms with van der Waals surface area (Å²) in [6, 6.07) is 50.5. The molecular formula is C111H132F6N8O13S. The second-order valence-corrected chi connectivity index (χ2v) is 41.9. The van der Waals surface area contributed by atoms with Gasteiger partial charge in [0.1, 0.15) is 57.5 Å². The lowest BCUT2D eigenvalue weighted by atomic mass is 9.84. The van der Waals surface area contributed by atoms with E-state index in [1.54, 1.807) is 155 Å². The van der Waals surface area contributed by atoms with Crippen molar-refractivity contribution in [2.45, 2.75) is 217 Å². The summed E-state index contributed by atoms with van der Waals surface area (Å²) < 4.78 is 118. The number of benzene rings is 7. The lowest BCUT2D eigenvalue weighted by Gasteiger charge is -2.25. The van der Waals surface area contributed by atoms with Crippen molar-refractivity contribution in [3.05, 3.63) is 306 Å². The van der Waals surface area contributed by atoms with Crippen molar-refractivity contribution in [3.8, 4) is 124 Å².